The highest BCUT2D eigenvalue weighted by Gasteiger charge is 2.30. The molecule has 0 saturated heterocycles. The standard InChI is InChI=1S/C24H34N8O5S/c1-3-11-32(23(37)17(12-19(25)34)29-14(2)33)13-20(35)30-16(8-6-10-28-24(26)27)21(36)22-31-15-7-4-5-9-18(15)38-22/h4-5,7,9,16-17H,3,6,8,10-13H2,1-2H3,(H2,25,34)(H,29,33)(H,30,35)(H4,26,27,28)/t16?,17-/m0/s1. The quantitative estimate of drug-likeness (QED) is 0.0762. The molecule has 0 radical (unpaired) electrons. The van der Waals surface area contributed by atoms with Gasteiger partial charge in [-0.3, -0.25) is 29.4 Å². The van der Waals surface area contributed by atoms with E-state index in [-0.39, 0.29) is 29.7 Å². The van der Waals surface area contributed by atoms with E-state index in [4.69, 9.17) is 16.9 Å². The molecule has 0 aliphatic rings. The summed E-state index contributed by atoms with van der Waals surface area (Å²) in [5, 5.41) is 15.3. The third kappa shape index (κ3) is 9.42. The van der Waals surface area contributed by atoms with E-state index in [2.05, 4.69) is 20.9 Å². The number of amides is 4. The number of hydrogen-bond donors (Lipinski definition) is 6. The highest BCUT2D eigenvalue weighted by molar-refractivity contribution is 7.20. The van der Waals surface area contributed by atoms with E-state index < -0.39 is 48.7 Å². The maximum Gasteiger partial charge on any atom is 0.246 e. The molecule has 1 heterocycles. The Labute approximate surface area is 224 Å². The number of carbonyl (C=O) groups is 5. The lowest BCUT2D eigenvalue weighted by atomic mass is 10.1. The van der Waals surface area contributed by atoms with Crippen LogP contribution in [0.2, 0.25) is 0 Å². The zero-order valence-electron chi connectivity index (χ0n) is 21.4. The Morgan fingerprint density at radius 3 is 2.42 bits per heavy atom. The number of guanidine groups is 1. The average Bonchev–Trinajstić information content (AvgIpc) is 3.28. The van der Waals surface area contributed by atoms with Crippen LogP contribution in [0.3, 0.4) is 0 Å². The van der Waals surface area contributed by atoms with Gasteiger partial charge in [0, 0.05) is 20.0 Å². The number of thiazole rings is 1. The summed E-state index contributed by atoms with van der Waals surface area (Å²) < 4.78 is 0.831. The van der Waals surface area contributed by atoms with Crippen molar-refractivity contribution in [3.8, 4) is 0 Å². The first-order valence-electron chi connectivity index (χ1n) is 12.1. The molecule has 1 aromatic heterocycles. The van der Waals surface area contributed by atoms with Gasteiger partial charge in [-0.15, -0.1) is 11.3 Å². The second-order valence-corrected chi connectivity index (χ2v) is 9.67. The second kappa shape index (κ2) is 14.6. The van der Waals surface area contributed by atoms with E-state index in [1.807, 2.05) is 18.2 Å². The largest absolute Gasteiger partial charge is 0.370 e. The molecule has 2 atom stereocenters. The van der Waals surface area contributed by atoms with Crippen LogP contribution in [0.15, 0.2) is 24.3 Å². The molecular weight excluding hydrogens is 512 g/mol. The van der Waals surface area contributed by atoms with Gasteiger partial charge < -0.3 is 32.3 Å². The Balaban J connectivity index is 2.19. The number of nitrogens with one attached hydrogen (secondary N) is 4. The monoisotopic (exact) mass is 546 g/mol. The fourth-order valence-corrected chi connectivity index (χ4v) is 4.70. The van der Waals surface area contributed by atoms with Gasteiger partial charge >= 0.3 is 0 Å². The van der Waals surface area contributed by atoms with Crippen LogP contribution in [0.5, 0.6) is 0 Å². The van der Waals surface area contributed by atoms with Gasteiger partial charge in [0.2, 0.25) is 29.4 Å². The maximum atomic E-state index is 13.3. The number of benzene rings is 1. The molecule has 1 aromatic carbocycles. The number of nitrogens with zero attached hydrogens (tertiary/aromatic N) is 2. The number of fused-ring (bicyclic) bond motifs is 1. The van der Waals surface area contributed by atoms with Crippen LogP contribution in [0.1, 0.15) is 49.3 Å². The molecule has 2 aromatic rings. The summed E-state index contributed by atoms with van der Waals surface area (Å²) in [4.78, 5) is 68.0. The Kier molecular flexibility index (Phi) is 11.6. The Morgan fingerprint density at radius 1 is 1.11 bits per heavy atom. The molecule has 2 rings (SSSR count). The Hall–Kier alpha value is -4.07. The highest BCUT2D eigenvalue weighted by atomic mass is 32.1. The molecular formula is C24H34N8O5S. The zero-order chi connectivity index (χ0) is 28.2. The van der Waals surface area contributed by atoms with E-state index in [1.165, 1.54) is 23.2 Å². The smallest absolute Gasteiger partial charge is 0.246 e. The predicted octanol–water partition coefficient (Wildman–Crippen LogP) is -0.154. The van der Waals surface area contributed by atoms with Gasteiger partial charge in [0.1, 0.15) is 6.04 Å². The van der Waals surface area contributed by atoms with E-state index in [1.54, 1.807) is 13.0 Å². The van der Waals surface area contributed by atoms with Crippen LogP contribution in [0.25, 0.3) is 10.2 Å². The van der Waals surface area contributed by atoms with Gasteiger partial charge in [-0.2, -0.15) is 0 Å². The van der Waals surface area contributed by atoms with Gasteiger partial charge in [0.05, 0.1) is 29.2 Å². The zero-order valence-corrected chi connectivity index (χ0v) is 22.2. The first-order valence-corrected chi connectivity index (χ1v) is 12.9. The number of ketones is 1. The number of nitrogens with two attached hydrogens (primary N) is 2. The summed E-state index contributed by atoms with van der Waals surface area (Å²) in [6.45, 7) is 3.12. The fraction of sp³-hybridized carbons (Fsp3) is 0.458. The molecule has 0 fully saturated rings. The maximum absolute atomic E-state index is 13.3. The molecule has 14 heteroatoms. The van der Waals surface area contributed by atoms with Crippen molar-refractivity contribution in [1.82, 2.24) is 25.8 Å². The van der Waals surface area contributed by atoms with Crippen molar-refractivity contribution in [3.05, 3.63) is 29.3 Å². The number of hydrogen-bond acceptors (Lipinski definition) is 8. The van der Waals surface area contributed by atoms with Gasteiger partial charge in [-0.1, -0.05) is 19.1 Å². The number of primary amides is 1. The Bertz CT molecular complexity index is 1130. The summed E-state index contributed by atoms with van der Waals surface area (Å²) >= 11 is 1.22. The van der Waals surface area contributed by atoms with Crippen molar-refractivity contribution >= 4 is 56.9 Å². The summed E-state index contributed by atoms with van der Waals surface area (Å²) in [6, 6.07) is 5.15. The first-order chi connectivity index (χ1) is 18.0. The number of rotatable bonds is 15. The first kappa shape index (κ1) is 30.2. The minimum Gasteiger partial charge on any atom is -0.370 e. The van der Waals surface area contributed by atoms with Crippen LogP contribution in [-0.2, 0) is 19.2 Å². The second-order valence-electron chi connectivity index (χ2n) is 8.64. The number of para-hydroxylation sites is 1. The molecule has 8 N–H and O–H groups in total. The van der Waals surface area contributed by atoms with E-state index in [9.17, 15) is 24.0 Å². The molecule has 1 unspecified atom stereocenters. The van der Waals surface area contributed by atoms with E-state index in [0.29, 0.717) is 24.9 Å². The van der Waals surface area contributed by atoms with Gasteiger partial charge in [0.25, 0.3) is 0 Å². The Morgan fingerprint density at radius 2 is 1.82 bits per heavy atom. The molecule has 206 valence electrons. The van der Waals surface area contributed by atoms with E-state index in [0.717, 1.165) is 4.70 Å². The van der Waals surface area contributed by atoms with Crippen molar-refractivity contribution in [1.29, 1.82) is 5.41 Å². The molecule has 0 saturated carbocycles. The minimum atomic E-state index is -1.21. The van der Waals surface area contributed by atoms with Crippen molar-refractivity contribution in [3.63, 3.8) is 0 Å². The average molecular weight is 547 g/mol. The molecule has 13 nitrogen and oxygen atoms in total. The topological polar surface area (TPSA) is 213 Å². The third-order valence-electron chi connectivity index (χ3n) is 5.36. The van der Waals surface area contributed by atoms with Crippen LogP contribution >= 0.6 is 11.3 Å². The van der Waals surface area contributed by atoms with Gasteiger partial charge in [0.15, 0.2) is 11.0 Å². The number of Topliss-reactive ketones (excluding diaryl/α,β-unsaturated/α-hetero) is 1. The van der Waals surface area contributed by atoms with E-state index >= 15 is 0 Å². The summed E-state index contributed by atoms with van der Waals surface area (Å²) in [6.07, 6.45) is 0.746. The molecule has 38 heavy (non-hydrogen) atoms. The van der Waals surface area contributed by atoms with Crippen molar-refractivity contribution in [2.45, 2.75) is 51.6 Å². The van der Waals surface area contributed by atoms with Crippen LogP contribution < -0.4 is 27.4 Å². The lowest BCUT2D eigenvalue weighted by molar-refractivity contribution is -0.140. The molecule has 0 spiro atoms. The summed E-state index contributed by atoms with van der Waals surface area (Å²) in [7, 11) is 0. The summed E-state index contributed by atoms with van der Waals surface area (Å²) in [5.41, 5.74) is 11.2. The van der Waals surface area contributed by atoms with Crippen molar-refractivity contribution in [2.75, 3.05) is 19.6 Å². The third-order valence-corrected chi connectivity index (χ3v) is 6.41. The van der Waals surface area contributed by atoms with Crippen molar-refractivity contribution in [2.24, 2.45) is 11.5 Å². The van der Waals surface area contributed by atoms with Crippen molar-refractivity contribution < 1.29 is 24.0 Å². The van der Waals surface area contributed by atoms with Gasteiger partial charge in [-0.05, 0) is 31.4 Å². The molecule has 4 amide bonds. The lowest BCUT2D eigenvalue weighted by Gasteiger charge is -2.27. The predicted molar refractivity (Wildman–Crippen MR) is 143 cm³/mol. The highest BCUT2D eigenvalue weighted by Crippen LogP contribution is 2.23. The van der Waals surface area contributed by atoms with Gasteiger partial charge in [-0.25, -0.2) is 4.98 Å². The fourth-order valence-electron chi connectivity index (χ4n) is 3.74. The molecule has 0 aliphatic carbocycles. The minimum absolute atomic E-state index is 0.181. The number of aromatic nitrogens is 1. The van der Waals surface area contributed by atoms with Crippen LogP contribution in [-0.4, -0.2) is 77.0 Å². The van der Waals surface area contributed by atoms with Crippen LogP contribution in [0, 0.1) is 5.41 Å². The molecule has 0 bridgehead atoms. The van der Waals surface area contributed by atoms with Crippen LogP contribution in [0.4, 0.5) is 0 Å². The molecule has 0 aliphatic heterocycles. The SMILES string of the molecule is CCCN(CC(=O)NC(CCCNC(=N)N)C(=O)c1nc2ccccc2s1)C(=O)[C@H](CC(N)=O)NC(C)=O. The summed E-state index contributed by atoms with van der Waals surface area (Å²) in [5.74, 6) is -3.10. The number of carbonyl (C=O) groups excluding carboxylic acids is 5. The lowest BCUT2D eigenvalue weighted by Crippen LogP contribution is -2.53. The normalized spacial score (nSPS) is 12.3.